The van der Waals surface area contributed by atoms with Gasteiger partial charge in [-0.3, -0.25) is 14.5 Å². The maximum atomic E-state index is 13.1. The van der Waals surface area contributed by atoms with Crippen molar-refractivity contribution in [3.63, 3.8) is 0 Å². The zero-order chi connectivity index (χ0) is 20.4. The summed E-state index contributed by atoms with van der Waals surface area (Å²) in [6.07, 6.45) is 0.316. The van der Waals surface area contributed by atoms with Crippen molar-refractivity contribution in [3.8, 4) is 0 Å². The number of benzene rings is 2. The second-order valence-corrected chi connectivity index (χ2v) is 8.23. The highest BCUT2D eigenvalue weighted by Gasteiger charge is 2.38. The number of aryl methyl sites for hydroxylation is 2. The Bertz CT molecular complexity index is 868. The average molecular weight is 392 g/mol. The molecule has 0 aromatic heterocycles. The summed E-state index contributed by atoms with van der Waals surface area (Å²) in [7, 11) is 0. The molecule has 2 amide bonds. The summed E-state index contributed by atoms with van der Waals surface area (Å²) in [4.78, 5) is 31.9. The number of para-hydroxylation sites is 1. The minimum absolute atomic E-state index is 0.0588. The number of hydrogen-bond acceptors (Lipinski definition) is 3. The van der Waals surface area contributed by atoms with Crippen LogP contribution in [0.25, 0.3) is 0 Å². The lowest BCUT2D eigenvalue weighted by molar-refractivity contribution is -0.137. The Hall–Kier alpha value is -2.66. The fourth-order valence-corrected chi connectivity index (χ4v) is 4.55. The highest BCUT2D eigenvalue weighted by Crippen LogP contribution is 2.31. The first kappa shape index (κ1) is 19.6. The first-order chi connectivity index (χ1) is 14.0. The second kappa shape index (κ2) is 8.37. The van der Waals surface area contributed by atoms with Crippen LogP contribution in [0.4, 0.5) is 5.69 Å². The van der Waals surface area contributed by atoms with Gasteiger partial charge in [0.1, 0.15) is 0 Å². The van der Waals surface area contributed by atoms with E-state index in [0.29, 0.717) is 13.0 Å². The molecule has 0 saturated carbocycles. The Balaban J connectivity index is 1.35. The molecule has 0 N–H and O–H groups in total. The summed E-state index contributed by atoms with van der Waals surface area (Å²) < 4.78 is 0. The van der Waals surface area contributed by atoms with Gasteiger partial charge in [-0.05, 0) is 30.5 Å². The smallest absolute Gasteiger partial charge is 0.228 e. The number of hydrogen-bond donors (Lipinski definition) is 0. The van der Waals surface area contributed by atoms with Crippen molar-refractivity contribution < 1.29 is 9.59 Å². The molecule has 0 radical (unpaired) electrons. The van der Waals surface area contributed by atoms with Crippen LogP contribution in [-0.4, -0.2) is 54.3 Å². The van der Waals surface area contributed by atoms with Gasteiger partial charge in [-0.25, -0.2) is 0 Å². The molecule has 1 atom stereocenters. The van der Waals surface area contributed by atoms with E-state index in [4.69, 9.17) is 0 Å². The molecular formula is C24H29N3O2. The van der Waals surface area contributed by atoms with Crippen molar-refractivity contribution in [2.24, 2.45) is 5.92 Å². The molecule has 152 valence electrons. The third-order valence-electron chi connectivity index (χ3n) is 6.12. The SMILES string of the molecule is Cc1cccc(C)c1N1CC(C(=O)N2CCN(Cc3ccccc3)CC2)CC1=O. The van der Waals surface area contributed by atoms with Crippen LogP contribution in [0.3, 0.4) is 0 Å². The fourth-order valence-electron chi connectivity index (χ4n) is 4.55. The van der Waals surface area contributed by atoms with Crippen LogP contribution in [0, 0.1) is 19.8 Å². The molecule has 4 rings (SSSR count). The Labute approximate surface area is 172 Å². The normalized spacial score (nSPS) is 20.3. The first-order valence-corrected chi connectivity index (χ1v) is 10.4. The topological polar surface area (TPSA) is 43.9 Å². The number of piperazine rings is 1. The highest BCUT2D eigenvalue weighted by atomic mass is 16.2. The zero-order valence-corrected chi connectivity index (χ0v) is 17.3. The summed E-state index contributed by atoms with van der Waals surface area (Å²) in [5, 5.41) is 0. The van der Waals surface area contributed by atoms with Gasteiger partial charge in [0.25, 0.3) is 0 Å². The van der Waals surface area contributed by atoms with Crippen LogP contribution in [0.2, 0.25) is 0 Å². The Morgan fingerprint density at radius 1 is 0.931 bits per heavy atom. The lowest BCUT2D eigenvalue weighted by Crippen LogP contribution is -2.50. The van der Waals surface area contributed by atoms with E-state index in [1.807, 2.05) is 47.9 Å². The summed E-state index contributed by atoms with van der Waals surface area (Å²) in [6, 6.07) is 16.5. The minimum Gasteiger partial charge on any atom is -0.340 e. The van der Waals surface area contributed by atoms with Crippen LogP contribution in [0.15, 0.2) is 48.5 Å². The molecule has 5 heteroatoms. The van der Waals surface area contributed by atoms with E-state index in [1.165, 1.54) is 5.56 Å². The molecular weight excluding hydrogens is 362 g/mol. The molecule has 2 aliphatic heterocycles. The van der Waals surface area contributed by atoms with E-state index < -0.39 is 0 Å². The summed E-state index contributed by atoms with van der Waals surface area (Å²) in [6.45, 7) is 8.69. The standard InChI is InChI=1S/C24H29N3O2/c1-18-7-6-8-19(2)23(18)27-17-21(15-22(27)28)24(29)26-13-11-25(12-14-26)16-20-9-4-3-5-10-20/h3-10,21H,11-17H2,1-2H3. The van der Waals surface area contributed by atoms with Gasteiger partial charge >= 0.3 is 0 Å². The summed E-state index contributed by atoms with van der Waals surface area (Å²) >= 11 is 0. The Kier molecular flexibility index (Phi) is 5.67. The molecule has 1 unspecified atom stereocenters. The van der Waals surface area contributed by atoms with E-state index >= 15 is 0 Å². The molecule has 2 heterocycles. The number of rotatable bonds is 4. The summed E-state index contributed by atoms with van der Waals surface area (Å²) in [5.74, 6) is -0.0444. The number of carbonyl (C=O) groups excluding carboxylic acids is 2. The van der Waals surface area contributed by atoms with Crippen LogP contribution in [0.1, 0.15) is 23.1 Å². The van der Waals surface area contributed by atoms with Gasteiger partial charge in [-0.1, -0.05) is 48.5 Å². The van der Waals surface area contributed by atoms with Crippen LogP contribution in [0.5, 0.6) is 0 Å². The van der Waals surface area contributed by atoms with Crippen molar-refractivity contribution in [2.45, 2.75) is 26.8 Å². The van der Waals surface area contributed by atoms with Crippen LogP contribution in [-0.2, 0) is 16.1 Å². The van der Waals surface area contributed by atoms with Gasteiger partial charge in [0, 0.05) is 51.4 Å². The van der Waals surface area contributed by atoms with E-state index in [9.17, 15) is 9.59 Å². The largest absolute Gasteiger partial charge is 0.340 e. The quantitative estimate of drug-likeness (QED) is 0.805. The summed E-state index contributed by atoms with van der Waals surface area (Å²) in [5.41, 5.74) is 4.44. The third-order valence-corrected chi connectivity index (χ3v) is 6.12. The van der Waals surface area contributed by atoms with E-state index in [2.05, 4.69) is 29.2 Å². The van der Waals surface area contributed by atoms with Crippen molar-refractivity contribution in [2.75, 3.05) is 37.6 Å². The maximum Gasteiger partial charge on any atom is 0.228 e. The average Bonchev–Trinajstić information content (AvgIpc) is 3.10. The number of nitrogens with zero attached hydrogens (tertiary/aromatic N) is 3. The molecule has 2 aromatic rings. The van der Waals surface area contributed by atoms with E-state index in [1.54, 1.807) is 0 Å². The number of anilines is 1. The van der Waals surface area contributed by atoms with Crippen molar-refractivity contribution in [1.82, 2.24) is 9.80 Å². The molecule has 0 bridgehead atoms. The van der Waals surface area contributed by atoms with Crippen LogP contribution < -0.4 is 4.90 Å². The first-order valence-electron chi connectivity index (χ1n) is 10.4. The zero-order valence-electron chi connectivity index (χ0n) is 17.3. The highest BCUT2D eigenvalue weighted by molar-refractivity contribution is 6.01. The molecule has 2 fully saturated rings. The van der Waals surface area contributed by atoms with Crippen molar-refractivity contribution >= 4 is 17.5 Å². The van der Waals surface area contributed by atoms with Gasteiger partial charge in [0.2, 0.25) is 11.8 Å². The van der Waals surface area contributed by atoms with E-state index in [0.717, 1.165) is 49.5 Å². The molecule has 5 nitrogen and oxygen atoms in total. The fraction of sp³-hybridized carbons (Fsp3) is 0.417. The maximum absolute atomic E-state index is 13.1. The monoisotopic (exact) mass is 391 g/mol. The second-order valence-electron chi connectivity index (χ2n) is 8.23. The van der Waals surface area contributed by atoms with Gasteiger partial charge in [0.15, 0.2) is 0 Å². The number of amides is 2. The minimum atomic E-state index is -0.234. The predicted molar refractivity (Wildman–Crippen MR) is 115 cm³/mol. The Morgan fingerprint density at radius 2 is 1.59 bits per heavy atom. The molecule has 0 aliphatic carbocycles. The number of carbonyl (C=O) groups is 2. The van der Waals surface area contributed by atoms with Crippen molar-refractivity contribution in [1.29, 1.82) is 0 Å². The Morgan fingerprint density at radius 3 is 2.24 bits per heavy atom. The van der Waals surface area contributed by atoms with Gasteiger partial charge in [-0.2, -0.15) is 0 Å². The van der Waals surface area contributed by atoms with Gasteiger partial charge in [-0.15, -0.1) is 0 Å². The van der Waals surface area contributed by atoms with Gasteiger partial charge < -0.3 is 9.80 Å². The molecule has 0 spiro atoms. The predicted octanol–water partition coefficient (Wildman–Crippen LogP) is 3.00. The van der Waals surface area contributed by atoms with Gasteiger partial charge in [0.05, 0.1) is 5.92 Å². The lowest BCUT2D eigenvalue weighted by atomic mass is 10.1. The van der Waals surface area contributed by atoms with Crippen LogP contribution >= 0.6 is 0 Å². The molecule has 2 saturated heterocycles. The third kappa shape index (κ3) is 4.20. The van der Waals surface area contributed by atoms with E-state index in [-0.39, 0.29) is 17.7 Å². The molecule has 29 heavy (non-hydrogen) atoms. The molecule has 2 aliphatic rings. The van der Waals surface area contributed by atoms with Crippen molar-refractivity contribution in [3.05, 3.63) is 65.2 Å². The lowest BCUT2D eigenvalue weighted by Gasteiger charge is -2.36. The molecule has 2 aromatic carbocycles.